The molecule has 6 N–H and O–H groups in total. The van der Waals surface area contributed by atoms with Crippen molar-refractivity contribution in [2.24, 2.45) is 21.6 Å². The van der Waals surface area contributed by atoms with Crippen LogP contribution in [0.15, 0.2) is 10.1 Å². The monoisotopic (exact) mass is 255 g/mol. The number of hydrogen-bond donors (Lipinski definition) is 2. The van der Waals surface area contributed by atoms with E-state index in [-0.39, 0.29) is 32.7 Å². The zero-order valence-corrected chi connectivity index (χ0v) is 9.36. The van der Waals surface area contributed by atoms with Crippen LogP contribution in [-0.2, 0) is 32.7 Å². The Morgan fingerprint density at radius 3 is 1.85 bits per heavy atom. The van der Waals surface area contributed by atoms with Gasteiger partial charge in [-0.2, -0.15) is 5.26 Å². The minimum atomic E-state index is -0.447. The molecule has 13 heavy (non-hydrogen) atoms. The second kappa shape index (κ2) is 13.2. The van der Waals surface area contributed by atoms with Gasteiger partial charge in [0.15, 0.2) is 0 Å². The van der Waals surface area contributed by atoms with E-state index in [4.69, 9.17) is 23.3 Å². The van der Waals surface area contributed by atoms with Crippen molar-refractivity contribution >= 4 is 11.9 Å². The predicted molar refractivity (Wildman–Crippen MR) is 44.1 cm³/mol. The maximum atomic E-state index is 7.60. The van der Waals surface area contributed by atoms with Crippen LogP contribution in [0, 0.1) is 18.0 Å². The Morgan fingerprint density at radius 1 is 1.38 bits per heavy atom. The van der Waals surface area contributed by atoms with E-state index in [1.807, 2.05) is 0 Å². The van der Waals surface area contributed by atoms with Crippen LogP contribution in [-0.4, -0.2) is 11.9 Å². The number of guanidine groups is 2. The second-order valence-corrected chi connectivity index (χ2v) is 1.18. The third-order valence-electron chi connectivity index (χ3n) is 0.328. The van der Waals surface area contributed by atoms with Gasteiger partial charge >= 0.3 is 0 Å². The molecule has 0 aromatic rings. The molecule has 0 aromatic heterocycles. The molecule has 0 aliphatic rings. The van der Waals surface area contributed by atoms with E-state index < -0.39 is 11.9 Å². The molecule has 8 nitrogen and oxygen atoms in total. The van der Waals surface area contributed by atoms with Gasteiger partial charge in [-0.15, -0.1) is 0 Å². The van der Waals surface area contributed by atoms with Crippen LogP contribution in [0.1, 0.15) is 0 Å². The Labute approximate surface area is 100 Å². The van der Waals surface area contributed by atoms with Crippen LogP contribution < -0.4 is 11.5 Å². The van der Waals surface area contributed by atoms with Crippen molar-refractivity contribution in [3.05, 3.63) is 23.0 Å². The van der Waals surface area contributed by atoms with E-state index in [0.29, 0.717) is 0 Å². The quantitative estimate of drug-likeness (QED) is 0.206. The summed E-state index contributed by atoms with van der Waals surface area (Å²) in [6, 6.07) is 0. The van der Waals surface area contributed by atoms with Gasteiger partial charge in [0.05, 0.1) is 5.96 Å². The summed E-state index contributed by atoms with van der Waals surface area (Å²) < 4.78 is 0. The van der Waals surface area contributed by atoms with Gasteiger partial charge in [-0.1, -0.05) is 0 Å². The summed E-state index contributed by atoms with van der Waals surface area (Å²) in [6.07, 6.45) is 1.34. The van der Waals surface area contributed by atoms with Crippen LogP contribution in [0.25, 0.3) is 16.4 Å². The Kier molecular flexibility index (Phi) is 18.0. The fourth-order valence-corrected chi connectivity index (χ4v) is 0.108. The minimum absolute atomic E-state index is 0. The number of nitrogens with zero attached hydrogens (tertiary/aromatic N) is 4. The molecule has 0 saturated carbocycles. The Morgan fingerprint density at radius 2 is 1.85 bits per heavy atom. The summed E-state index contributed by atoms with van der Waals surface area (Å²) in [6.45, 7) is 5.97. The molecule has 0 rings (SSSR count). The van der Waals surface area contributed by atoms with Gasteiger partial charge in [0.1, 0.15) is 6.19 Å². The van der Waals surface area contributed by atoms with E-state index in [9.17, 15) is 0 Å². The fraction of sp³-hybridized carbons (Fsp3) is 0. The molecule has 0 saturated heterocycles. The third kappa shape index (κ3) is 37.0. The molecule has 0 fully saturated rings. The van der Waals surface area contributed by atoms with Crippen molar-refractivity contribution in [2.75, 3.05) is 0 Å². The van der Waals surface area contributed by atoms with Gasteiger partial charge in [-0.25, -0.2) is 11.5 Å². The summed E-state index contributed by atoms with van der Waals surface area (Å²) in [5, 5.41) is 10.4. The number of nitrogens with two attached hydrogens (primary N) is 2. The maximum absolute atomic E-state index is 7.60. The fourth-order valence-electron chi connectivity index (χ4n) is 0.108. The molecule has 67 valence electrons. The van der Waals surface area contributed by atoms with Crippen molar-refractivity contribution in [1.29, 1.82) is 5.26 Å². The molecule has 0 spiro atoms. The van der Waals surface area contributed by atoms with Gasteiger partial charge in [-0.05, 0) is 5.10 Å². The number of nitriles is 1. The molecular weight excluding hydrogens is 249 g/mol. The molecule has 1 radical (unpaired) electrons. The number of nitrogens with one attached hydrogen (secondary N) is 2. The maximum Gasteiger partial charge on any atom is 0.125 e. The topological polar surface area (TPSA) is 153 Å². The third-order valence-corrected chi connectivity index (χ3v) is 0.328. The van der Waals surface area contributed by atoms with Crippen LogP contribution in [0.5, 0.6) is 0 Å². The first-order valence-electron chi connectivity index (χ1n) is 2.40. The minimum Gasteiger partial charge on any atom is -0.453 e. The molecule has 0 aliphatic heterocycles. The molecule has 0 aliphatic carbocycles. The summed E-state index contributed by atoms with van der Waals surface area (Å²) in [5.41, 5.74) is 21.8. The average molecular weight is 255 g/mol. The second-order valence-electron chi connectivity index (χ2n) is 1.18. The average Bonchev–Trinajstić information content (AvgIpc) is 1.87. The Balaban J connectivity index is -0.000000143. The van der Waals surface area contributed by atoms with Gasteiger partial charge in [0.2, 0.25) is 0 Å². The number of rotatable bonds is 0. The van der Waals surface area contributed by atoms with Gasteiger partial charge in [0, 0.05) is 38.7 Å². The molecule has 0 aromatic carbocycles. The van der Waals surface area contributed by atoms with E-state index in [1.54, 1.807) is 0 Å². The van der Waals surface area contributed by atoms with Crippen LogP contribution in [0.2, 0.25) is 0 Å². The molecule has 0 bridgehead atoms. The Hall–Kier alpha value is -1.38. The van der Waals surface area contributed by atoms with Crippen molar-refractivity contribution < 1.29 is 32.7 Å². The first-order chi connectivity index (χ1) is 5.54. The van der Waals surface area contributed by atoms with E-state index in [0.717, 1.165) is 0 Å². The van der Waals surface area contributed by atoms with Gasteiger partial charge in [0.25, 0.3) is 0 Å². The van der Waals surface area contributed by atoms with Gasteiger partial charge in [-0.3, -0.25) is 4.99 Å². The van der Waals surface area contributed by atoms with Gasteiger partial charge < -0.3 is 22.9 Å². The summed E-state index contributed by atoms with van der Waals surface area (Å²) in [4.78, 5) is 5.25. The molecule has 0 amide bonds. The Bertz CT molecular complexity index is 218. The van der Waals surface area contributed by atoms with Crippen molar-refractivity contribution in [2.45, 2.75) is 0 Å². The molecule has 0 heterocycles. The van der Waals surface area contributed by atoms with Crippen molar-refractivity contribution in [3.8, 4) is 6.19 Å². The number of hydrogen-bond acceptors (Lipinski definition) is 3. The zero-order chi connectivity index (χ0) is 9.98. The first-order valence-corrected chi connectivity index (χ1v) is 2.40. The van der Waals surface area contributed by atoms with E-state index >= 15 is 0 Å². The zero-order valence-electron chi connectivity index (χ0n) is 6.52. The number of aliphatic imine (C=N–C) groups is 1. The van der Waals surface area contributed by atoms with Crippen LogP contribution in [0.3, 0.4) is 0 Å². The molecule has 0 unspecified atom stereocenters. The van der Waals surface area contributed by atoms with Crippen LogP contribution in [0.4, 0.5) is 0 Å². The normalized spacial score (nSPS) is 9.38. The summed E-state index contributed by atoms with van der Waals surface area (Å²) >= 11 is 0. The summed E-state index contributed by atoms with van der Waals surface area (Å²) in [7, 11) is 0. The largest absolute Gasteiger partial charge is 0.453 e. The standard InChI is InChI=1S/2C2H3N4.Y/c1-5-6-2(3)4;3-1-6-2(4)5;/h(H3-,3,4,6);(H3-,4,5,6);/q2*-1;. The SMILES string of the molecule is N#CN=C([NH-])N.[C-]#[N+]/N=C(/[NH-])N.[Y]. The van der Waals surface area contributed by atoms with E-state index in [1.165, 1.54) is 6.19 Å². The first kappa shape index (κ1) is 17.6. The smallest absolute Gasteiger partial charge is 0.125 e. The molecule has 0 atom stereocenters. The summed E-state index contributed by atoms with van der Waals surface area (Å²) in [5.74, 6) is -0.887. The van der Waals surface area contributed by atoms with E-state index in [2.05, 4.69) is 26.5 Å². The van der Waals surface area contributed by atoms with Crippen molar-refractivity contribution in [1.82, 2.24) is 0 Å². The van der Waals surface area contributed by atoms with Crippen LogP contribution >= 0.6 is 0 Å². The molecule has 9 heteroatoms. The predicted octanol–water partition coefficient (Wildman–Crippen LogP) is 0.0195. The van der Waals surface area contributed by atoms with Crippen molar-refractivity contribution in [3.63, 3.8) is 0 Å². The molecular formula is C4H6N8Y-2.